The lowest BCUT2D eigenvalue weighted by molar-refractivity contribution is -0.137. The molecule has 1 heterocycles. The fraction of sp³-hybridized carbons (Fsp3) is 0.562. The van der Waals surface area contributed by atoms with Crippen LogP contribution in [0.15, 0.2) is 18.3 Å². The van der Waals surface area contributed by atoms with Crippen molar-refractivity contribution in [1.29, 1.82) is 0 Å². The van der Waals surface area contributed by atoms with Crippen LogP contribution in [-0.2, 0) is 17.6 Å². The minimum atomic E-state index is -4.37. The molecule has 134 valence electrons. The van der Waals surface area contributed by atoms with Gasteiger partial charge in [0.25, 0.3) is 0 Å². The van der Waals surface area contributed by atoms with Gasteiger partial charge in [-0.1, -0.05) is 35.6 Å². The predicted octanol–water partition coefficient (Wildman–Crippen LogP) is 5.82. The molecular formula is C16H22BrF3N2OSi. The second-order valence-corrected chi connectivity index (χ2v) is 14.1. The highest BCUT2D eigenvalue weighted by Gasteiger charge is 2.32. The van der Waals surface area contributed by atoms with Crippen molar-refractivity contribution in [3.63, 3.8) is 0 Å². The van der Waals surface area contributed by atoms with Crippen molar-refractivity contribution in [3.05, 3.63) is 29.5 Å². The Hall–Kier alpha value is -0.863. The Morgan fingerprint density at radius 2 is 1.96 bits per heavy atom. The molecule has 0 fully saturated rings. The molecule has 0 bridgehead atoms. The Morgan fingerprint density at radius 1 is 1.29 bits per heavy atom. The molecule has 2 rings (SSSR count). The Balaban J connectivity index is 2.24. The molecule has 0 aliphatic heterocycles. The van der Waals surface area contributed by atoms with Gasteiger partial charge in [0.05, 0.1) is 11.1 Å². The molecule has 2 aromatic rings. The van der Waals surface area contributed by atoms with Crippen LogP contribution in [0.25, 0.3) is 10.9 Å². The van der Waals surface area contributed by atoms with Gasteiger partial charge in [-0.25, -0.2) is 4.68 Å². The number of nitrogens with zero attached hydrogens (tertiary/aromatic N) is 2. The van der Waals surface area contributed by atoms with E-state index in [0.717, 1.165) is 18.2 Å². The van der Waals surface area contributed by atoms with E-state index < -0.39 is 19.8 Å². The number of alkyl halides is 4. The van der Waals surface area contributed by atoms with Crippen LogP contribution in [0.2, 0.25) is 25.7 Å². The second-order valence-electron chi connectivity index (χ2n) is 7.13. The van der Waals surface area contributed by atoms with Gasteiger partial charge in [-0.05, 0) is 30.7 Å². The van der Waals surface area contributed by atoms with Gasteiger partial charge in [-0.3, -0.25) is 0 Å². The van der Waals surface area contributed by atoms with Crippen molar-refractivity contribution in [2.75, 3.05) is 6.61 Å². The average Bonchev–Trinajstić information content (AvgIpc) is 2.82. The van der Waals surface area contributed by atoms with Gasteiger partial charge in [-0.15, -0.1) is 0 Å². The van der Waals surface area contributed by atoms with E-state index in [0.29, 0.717) is 23.1 Å². The average molecular weight is 423 g/mol. The predicted molar refractivity (Wildman–Crippen MR) is 96.2 cm³/mol. The summed E-state index contributed by atoms with van der Waals surface area (Å²) >= 11 is 3.36. The number of hydrogen-bond donors (Lipinski definition) is 0. The van der Waals surface area contributed by atoms with E-state index in [1.807, 2.05) is 0 Å². The molecule has 0 amide bonds. The van der Waals surface area contributed by atoms with Crippen LogP contribution in [0.5, 0.6) is 0 Å². The lowest BCUT2D eigenvalue weighted by Gasteiger charge is -2.15. The van der Waals surface area contributed by atoms with E-state index in [4.69, 9.17) is 4.74 Å². The summed E-state index contributed by atoms with van der Waals surface area (Å²) in [6, 6.07) is 3.33. The highest BCUT2D eigenvalue weighted by molar-refractivity contribution is 9.09. The number of hydrogen-bond acceptors (Lipinski definition) is 2. The molecule has 24 heavy (non-hydrogen) atoms. The lowest BCUT2D eigenvalue weighted by Crippen LogP contribution is -2.22. The molecule has 1 atom stereocenters. The molecule has 8 heteroatoms. The van der Waals surface area contributed by atoms with Gasteiger partial charge in [0.2, 0.25) is 0 Å². The highest BCUT2D eigenvalue weighted by atomic mass is 79.9. The Kier molecular flexibility index (Phi) is 5.82. The number of benzene rings is 1. The van der Waals surface area contributed by atoms with Gasteiger partial charge in [-0.2, -0.15) is 18.3 Å². The largest absolute Gasteiger partial charge is 0.416 e. The summed E-state index contributed by atoms with van der Waals surface area (Å²) in [5.74, 6) is 0. The number of ether oxygens (including phenoxy) is 1. The zero-order chi connectivity index (χ0) is 18.1. The molecule has 1 aromatic heterocycles. The summed E-state index contributed by atoms with van der Waals surface area (Å²) in [6.07, 6.45) is -2.77. The second kappa shape index (κ2) is 7.17. The maximum absolute atomic E-state index is 13.1. The summed E-state index contributed by atoms with van der Waals surface area (Å²) in [5, 5.41) is 4.87. The van der Waals surface area contributed by atoms with E-state index in [1.54, 1.807) is 17.8 Å². The van der Waals surface area contributed by atoms with Crippen LogP contribution in [0.1, 0.15) is 22.9 Å². The summed E-state index contributed by atoms with van der Waals surface area (Å²) in [4.78, 5) is -0.224. The third-order valence-electron chi connectivity index (χ3n) is 3.66. The van der Waals surface area contributed by atoms with Gasteiger partial charge >= 0.3 is 6.18 Å². The van der Waals surface area contributed by atoms with Crippen LogP contribution in [0.3, 0.4) is 0 Å². The third kappa shape index (κ3) is 5.06. The van der Waals surface area contributed by atoms with Crippen LogP contribution < -0.4 is 0 Å². The molecule has 0 aliphatic carbocycles. The monoisotopic (exact) mass is 422 g/mol. The van der Waals surface area contributed by atoms with Crippen molar-refractivity contribution in [2.24, 2.45) is 0 Å². The summed E-state index contributed by atoms with van der Waals surface area (Å²) in [6.45, 7) is 9.47. The first-order chi connectivity index (χ1) is 11.0. The molecular weight excluding hydrogens is 401 g/mol. The first kappa shape index (κ1) is 19.5. The standard InChI is InChI=1S/C16H22BrF3N2OSi/c1-11(17)14-8-13(16(18,19)20)7-12-9-22(21-15(12)14)10-23-5-6-24(2,3)4/h7-9,11H,5-6,10H2,1-4H3. The van der Waals surface area contributed by atoms with E-state index in [-0.39, 0.29) is 11.6 Å². The Labute approximate surface area is 149 Å². The molecule has 0 spiro atoms. The molecule has 0 N–H and O–H groups in total. The molecule has 1 aromatic carbocycles. The summed E-state index contributed by atoms with van der Waals surface area (Å²) < 4.78 is 46.4. The van der Waals surface area contributed by atoms with Gasteiger partial charge < -0.3 is 4.74 Å². The smallest absolute Gasteiger partial charge is 0.360 e. The zero-order valence-electron chi connectivity index (χ0n) is 14.2. The van der Waals surface area contributed by atoms with Crippen molar-refractivity contribution >= 4 is 34.9 Å². The molecule has 0 saturated heterocycles. The third-order valence-corrected chi connectivity index (χ3v) is 5.86. The topological polar surface area (TPSA) is 27.1 Å². The highest BCUT2D eigenvalue weighted by Crippen LogP contribution is 2.36. The molecule has 1 unspecified atom stereocenters. The first-order valence-corrected chi connectivity index (χ1v) is 12.4. The van der Waals surface area contributed by atoms with Crippen molar-refractivity contribution in [2.45, 2.75) is 50.3 Å². The molecule has 3 nitrogen and oxygen atoms in total. The number of fused-ring (bicyclic) bond motifs is 1. The van der Waals surface area contributed by atoms with Crippen LogP contribution in [0.4, 0.5) is 13.2 Å². The van der Waals surface area contributed by atoms with E-state index in [2.05, 4.69) is 40.7 Å². The lowest BCUT2D eigenvalue weighted by atomic mass is 10.0. The Morgan fingerprint density at radius 3 is 2.50 bits per heavy atom. The molecule has 0 radical (unpaired) electrons. The molecule has 0 aliphatic rings. The first-order valence-electron chi connectivity index (χ1n) is 7.77. The van der Waals surface area contributed by atoms with Crippen LogP contribution >= 0.6 is 15.9 Å². The normalized spacial score (nSPS) is 14.3. The maximum atomic E-state index is 13.1. The maximum Gasteiger partial charge on any atom is 0.416 e. The number of aromatic nitrogens is 2. The van der Waals surface area contributed by atoms with E-state index in [1.165, 1.54) is 0 Å². The number of rotatable bonds is 6. The number of halogens is 4. The van der Waals surface area contributed by atoms with Crippen LogP contribution in [-0.4, -0.2) is 24.5 Å². The van der Waals surface area contributed by atoms with E-state index in [9.17, 15) is 13.2 Å². The van der Waals surface area contributed by atoms with Gasteiger partial charge in [0, 0.05) is 31.1 Å². The fourth-order valence-electron chi connectivity index (χ4n) is 2.28. The van der Waals surface area contributed by atoms with Crippen LogP contribution in [0, 0.1) is 0 Å². The Bertz CT molecular complexity index is 708. The summed E-state index contributed by atoms with van der Waals surface area (Å²) in [7, 11) is -1.17. The minimum Gasteiger partial charge on any atom is -0.360 e. The van der Waals surface area contributed by atoms with E-state index >= 15 is 0 Å². The minimum absolute atomic E-state index is 0.224. The van der Waals surface area contributed by atoms with Gasteiger partial charge in [0.15, 0.2) is 0 Å². The SMILES string of the molecule is CC(Br)c1cc(C(F)(F)F)cc2cn(COCC[Si](C)(C)C)nc12. The van der Waals surface area contributed by atoms with Gasteiger partial charge in [0.1, 0.15) is 6.73 Å². The fourth-order valence-corrected chi connectivity index (χ4v) is 3.39. The summed E-state index contributed by atoms with van der Waals surface area (Å²) in [5.41, 5.74) is 0.442. The quantitative estimate of drug-likeness (QED) is 0.332. The molecule has 0 saturated carbocycles. The van der Waals surface area contributed by atoms with Crippen molar-refractivity contribution < 1.29 is 17.9 Å². The zero-order valence-corrected chi connectivity index (χ0v) is 16.8. The van der Waals surface area contributed by atoms with Crippen molar-refractivity contribution in [3.8, 4) is 0 Å². The van der Waals surface area contributed by atoms with Crippen molar-refractivity contribution in [1.82, 2.24) is 9.78 Å².